The second-order valence-electron chi connectivity index (χ2n) is 8.11. The van der Waals surface area contributed by atoms with E-state index < -0.39 is 11.5 Å². The first kappa shape index (κ1) is 22.0. The Morgan fingerprint density at radius 1 is 1.00 bits per heavy atom. The number of rotatable bonds is 9. The fourth-order valence-corrected chi connectivity index (χ4v) is 4.32. The van der Waals surface area contributed by atoms with Crippen LogP contribution in [0.15, 0.2) is 72.8 Å². The third-order valence-corrected chi connectivity index (χ3v) is 5.86. The lowest BCUT2D eigenvalue weighted by molar-refractivity contribution is -0.148. The van der Waals surface area contributed by atoms with Gasteiger partial charge in [0, 0.05) is 19.3 Å². The van der Waals surface area contributed by atoms with E-state index in [0.717, 1.165) is 11.1 Å². The summed E-state index contributed by atoms with van der Waals surface area (Å²) in [6.07, 6.45) is 6.42. The van der Waals surface area contributed by atoms with Gasteiger partial charge >= 0.3 is 5.97 Å². The van der Waals surface area contributed by atoms with E-state index >= 15 is 0 Å². The number of esters is 1. The Morgan fingerprint density at radius 2 is 1.60 bits per heavy atom. The molecular weight excluding hydrogens is 376 g/mol. The molecule has 0 aliphatic heterocycles. The summed E-state index contributed by atoms with van der Waals surface area (Å²) in [7, 11) is 0. The number of hydrogen-bond acceptors (Lipinski definition) is 4. The second-order valence-corrected chi connectivity index (χ2v) is 8.11. The van der Waals surface area contributed by atoms with E-state index in [1.807, 2.05) is 66.7 Å². The molecule has 2 aromatic carbocycles. The highest BCUT2D eigenvalue weighted by Crippen LogP contribution is 2.38. The van der Waals surface area contributed by atoms with Crippen molar-refractivity contribution in [3.8, 4) is 0 Å². The summed E-state index contributed by atoms with van der Waals surface area (Å²) >= 11 is 0. The fraction of sp³-hybridized carbons (Fsp3) is 0.385. The minimum atomic E-state index is -1.24. The topological polar surface area (TPSA) is 63.6 Å². The van der Waals surface area contributed by atoms with Gasteiger partial charge in [-0.2, -0.15) is 0 Å². The molecule has 0 fully saturated rings. The van der Waals surface area contributed by atoms with Crippen molar-refractivity contribution in [2.24, 2.45) is 11.8 Å². The van der Waals surface area contributed by atoms with Crippen LogP contribution in [0, 0.1) is 11.8 Å². The molecule has 0 amide bonds. The maximum atomic E-state index is 13.3. The number of carbonyl (C=O) groups excluding carboxylic acids is 2. The van der Waals surface area contributed by atoms with Crippen molar-refractivity contribution in [1.29, 1.82) is 0 Å². The highest BCUT2D eigenvalue weighted by atomic mass is 16.5. The van der Waals surface area contributed by atoms with Gasteiger partial charge in [0.1, 0.15) is 5.78 Å². The fourth-order valence-electron chi connectivity index (χ4n) is 4.32. The standard InChI is InChI=1S/C26H30O4/c1-20(27)30-19-23-13-8-17-26(29,18-16-22-11-6-3-7-12-22)25(23)24(28)15-14-21-9-4-2-5-10-21/h2-12,17,23,25,29H,13-16,18-19H2,1H3/t23-,25+,26-/m0/s1. The first-order valence-corrected chi connectivity index (χ1v) is 10.6. The number of ether oxygens (including phenoxy) is 1. The minimum absolute atomic E-state index is 0.0240. The molecular formula is C26H30O4. The second kappa shape index (κ2) is 10.4. The predicted molar refractivity (Wildman–Crippen MR) is 117 cm³/mol. The molecule has 1 aliphatic rings. The van der Waals surface area contributed by atoms with Crippen LogP contribution in [0.5, 0.6) is 0 Å². The number of hydrogen-bond donors (Lipinski definition) is 1. The van der Waals surface area contributed by atoms with Gasteiger partial charge < -0.3 is 9.84 Å². The Morgan fingerprint density at radius 3 is 2.20 bits per heavy atom. The number of Topliss-reactive ketones (excluding diaryl/α,β-unsaturated/α-hetero) is 1. The molecule has 4 heteroatoms. The third kappa shape index (κ3) is 5.90. The van der Waals surface area contributed by atoms with Crippen LogP contribution in [0.2, 0.25) is 0 Å². The quantitative estimate of drug-likeness (QED) is 0.498. The highest BCUT2D eigenvalue weighted by Gasteiger charge is 2.45. The molecule has 0 spiro atoms. The molecule has 1 aliphatic carbocycles. The van der Waals surface area contributed by atoms with E-state index in [1.54, 1.807) is 6.08 Å². The molecule has 3 atom stereocenters. The first-order valence-electron chi connectivity index (χ1n) is 10.6. The van der Waals surface area contributed by atoms with Gasteiger partial charge in [0.25, 0.3) is 0 Å². The van der Waals surface area contributed by atoms with Crippen LogP contribution in [0.4, 0.5) is 0 Å². The van der Waals surface area contributed by atoms with Crippen LogP contribution < -0.4 is 0 Å². The van der Waals surface area contributed by atoms with E-state index in [-0.39, 0.29) is 24.3 Å². The number of aryl methyl sites for hydroxylation is 2. The van der Waals surface area contributed by atoms with Crippen LogP contribution in [-0.2, 0) is 27.2 Å². The van der Waals surface area contributed by atoms with Crippen LogP contribution >= 0.6 is 0 Å². The molecule has 2 aromatic rings. The zero-order valence-electron chi connectivity index (χ0n) is 17.5. The van der Waals surface area contributed by atoms with Gasteiger partial charge in [-0.3, -0.25) is 9.59 Å². The molecule has 0 heterocycles. The van der Waals surface area contributed by atoms with Gasteiger partial charge in [-0.25, -0.2) is 0 Å². The van der Waals surface area contributed by atoms with Gasteiger partial charge in [-0.1, -0.05) is 72.8 Å². The van der Waals surface area contributed by atoms with Crippen LogP contribution in [0.25, 0.3) is 0 Å². The molecule has 30 heavy (non-hydrogen) atoms. The molecule has 0 saturated heterocycles. The normalized spacial score (nSPS) is 23.1. The Hall–Kier alpha value is -2.72. The molecule has 4 nitrogen and oxygen atoms in total. The summed E-state index contributed by atoms with van der Waals surface area (Å²) in [5.41, 5.74) is 0.977. The molecule has 0 aromatic heterocycles. The van der Waals surface area contributed by atoms with Gasteiger partial charge in [0.05, 0.1) is 18.1 Å². The van der Waals surface area contributed by atoms with E-state index in [4.69, 9.17) is 4.74 Å². The van der Waals surface area contributed by atoms with Gasteiger partial charge in [-0.15, -0.1) is 0 Å². The molecule has 3 rings (SSSR count). The lowest BCUT2D eigenvalue weighted by Crippen LogP contribution is -2.48. The van der Waals surface area contributed by atoms with Crippen molar-refractivity contribution in [3.63, 3.8) is 0 Å². The summed E-state index contributed by atoms with van der Waals surface area (Å²) < 4.78 is 5.24. The van der Waals surface area contributed by atoms with Crippen molar-refractivity contribution in [1.82, 2.24) is 0 Å². The van der Waals surface area contributed by atoms with Crippen molar-refractivity contribution in [2.45, 2.75) is 44.6 Å². The van der Waals surface area contributed by atoms with Crippen LogP contribution in [0.1, 0.15) is 37.3 Å². The summed E-state index contributed by atoms with van der Waals surface area (Å²) in [6, 6.07) is 19.9. The van der Waals surface area contributed by atoms with Crippen molar-refractivity contribution in [2.75, 3.05) is 6.61 Å². The van der Waals surface area contributed by atoms with Gasteiger partial charge in [0.15, 0.2) is 0 Å². The SMILES string of the molecule is CC(=O)OC[C@@H]1CC=C[C@](O)(CCc2ccccc2)[C@H]1C(=O)CCc1ccccc1. The molecule has 0 radical (unpaired) electrons. The summed E-state index contributed by atoms with van der Waals surface area (Å²) in [5, 5.41) is 11.5. The van der Waals surface area contributed by atoms with Crippen LogP contribution in [0.3, 0.4) is 0 Å². The number of allylic oxidation sites excluding steroid dienone is 1. The summed E-state index contributed by atoms with van der Waals surface area (Å²) in [6.45, 7) is 1.52. The molecule has 158 valence electrons. The van der Waals surface area contributed by atoms with Crippen molar-refractivity contribution >= 4 is 11.8 Å². The van der Waals surface area contributed by atoms with Crippen molar-refractivity contribution < 1.29 is 19.4 Å². The lowest BCUT2D eigenvalue weighted by Gasteiger charge is -2.40. The largest absolute Gasteiger partial charge is 0.466 e. The van der Waals surface area contributed by atoms with E-state index in [0.29, 0.717) is 32.1 Å². The Balaban J connectivity index is 1.76. The Labute approximate surface area is 178 Å². The molecule has 0 unspecified atom stereocenters. The predicted octanol–water partition coefficient (Wildman–Crippen LogP) is 4.31. The van der Waals surface area contributed by atoms with Gasteiger partial charge in [0.2, 0.25) is 0 Å². The first-order chi connectivity index (χ1) is 14.5. The maximum Gasteiger partial charge on any atom is 0.302 e. The zero-order chi connectivity index (χ0) is 21.4. The van der Waals surface area contributed by atoms with Crippen molar-refractivity contribution in [3.05, 3.63) is 83.9 Å². The monoisotopic (exact) mass is 406 g/mol. The average Bonchev–Trinajstić information content (AvgIpc) is 2.76. The Bertz CT molecular complexity index is 859. The summed E-state index contributed by atoms with van der Waals surface area (Å²) in [4.78, 5) is 24.7. The number of benzene rings is 2. The summed E-state index contributed by atoms with van der Waals surface area (Å²) in [5.74, 6) is -1.15. The van der Waals surface area contributed by atoms with Gasteiger partial charge in [-0.05, 0) is 36.8 Å². The number of aliphatic hydroxyl groups is 1. The number of ketones is 1. The Kier molecular flexibility index (Phi) is 7.58. The van der Waals surface area contributed by atoms with E-state index in [9.17, 15) is 14.7 Å². The van der Waals surface area contributed by atoms with Crippen LogP contribution in [-0.4, -0.2) is 29.1 Å². The smallest absolute Gasteiger partial charge is 0.302 e. The minimum Gasteiger partial charge on any atom is -0.466 e. The highest BCUT2D eigenvalue weighted by molar-refractivity contribution is 5.83. The maximum absolute atomic E-state index is 13.3. The average molecular weight is 407 g/mol. The van der Waals surface area contributed by atoms with E-state index in [1.165, 1.54) is 6.92 Å². The zero-order valence-corrected chi connectivity index (χ0v) is 17.5. The molecule has 0 saturated carbocycles. The lowest BCUT2D eigenvalue weighted by atomic mass is 9.68. The number of carbonyl (C=O) groups is 2. The molecule has 0 bridgehead atoms. The molecule has 1 N–H and O–H groups in total. The van der Waals surface area contributed by atoms with E-state index in [2.05, 4.69) is 0 Å². The third-order valence-electron chi connectivity index (χ3n) is 5.86.